The van der Waals surface area contributed by atoms with E-state index in [4.69, 9.17) is 11.0 Å². The van der Waals surface area contributed by atoms with Crippen LogP contribution in [0.15, 0.2) is 17.1 Å². The Labute approximate surface area is 105 Å². The van der Waals surface area contributed by atoms with Gasteiger partial charge in [0.25, 0.3) is 0 Å². The summed E-state index contributed by atoms with van der Waals surface area (Å²) in [7, 11) is 1.60. The third-order valence-corrected chi connectivity index (χ3v) is 2.04. The number of anilines is 1. The molecule has 0 aliphatic carbocycles. The average Bonchev–Trinajstić information content (AvgIpc) is 2.39. The Morgan fingerprint density at radius 2 is 2.28 bits per heavy atom. The molecule has 5 N–H and O–H groups in total. The molecule has 8 heteroatoms. The number of nitrogens with zero attached hydrogens (tertiary/aromatic N) is 4. The van der Waals surface area contributed by atoms with Crippen LogP contribution in [0, 0.1) is 11.5 Å². The lowest BCUT2D eigenvalue weighted by Gasteiger charge is -2.07. The van der Waals surface area contributed by atoms with Gasteiger partial charge in [-0.05, 0) is 12.1 Å². The Morgan fingerprint density at radius 3 is 2.89 bits per heavy atom. The molecule has 96 valence electrons. The molecule has 0 aromatic carbocycles. The summed E-state index contributed by atoms with van der Waals surface area (Å²) in [6.45, 7) is 1.96. The van der Waals surface area contributed by atoms with E-state index in [2.05, 4.69) is 31.1 Å². The van der Waals surface area contributed by atoms with Crippen LogP contribution in [-0.2, 0) is 6.54 Å². The van der Waals surface area contributed by atoms with Crippen LogP contribution in [0.25, 0.3) is 0 Å². The Bertz CT molecular complexity index is 418. The minimum Gasteiger partial charge on any atom is -0.382 e. The number of hydrogen-bond donors (Lipinski definition) is 4. The van der Waals surface area contributed by atoms with Gasteiger partial charge in [0.2, 0.25) is 5.96 Å². The summed E-state index contributed by atoms with van der Waals surface area (Å²) in [6, 6.07) is 3.53. The summed E-state index contributed by atoms with van der Waals surface area (Å²) >= 11 is 0. The van der Waals surface area contributed by atoms with E-state index < -0.39 is 0 Å². The lowest BCUT2D eigenvalue weighted by atomic mass is 10.4. The maximum absolute atomic E-state index is 8.42. The van der Waals surface area contributed by atoms with Gasteiger partial charge in [-0.3, -0.25) is 10.3 Å². The van der Waals surface area contributed by atoms with Crippen LogP contribution in [0.5, 0.6) is 0 Å². The van der Waals surface area contributed by atoms with Crippen molar-refractivity contribution >= 4 is 11.8 Å². The van der Waals surface area contributed by atoms with Crippen molar-refractivity contribution in [2.24, 2.45) is 4.99 Å². The largest absolute Gasteiger partial charge is 0.382 e. The molecule has 0 unspecified atom stereocenters. The highest BCUT2D eigenvalue weighted by atomic mass is 15.2. The summed E-state index contributed by atoms with van der Waals surface area (Å²) in [5, 5.41) is 24.7. The van der Waals surface area contributed by atoms with E-state index >= 15 is 0 Å². The molecule has 0 aliphatic rings. The van der Waals surface area contributed by atoms with Crippen LogP contribution < -0.4 is 21.7 Å². The zero-order chi connectivity index (χ0) is 13.2. The van der Waals surface area contributed by atoms with Gasteiger partial charge in [-0.1, -0.05) is 0 Å². The van der Waals surface area contributed by atoms with Crippen LogP contribution in [0.3, 0.4) is 0 Å². The van der Waals surface area contributed by atoms with E-state index in [-0.39, 0.29) is 0 Å². The Kier molecular flexibility index (Phi) is 5.93. The third-order valence-electron chi connectivity index (χ3n) is 2.04. The average molecular weight is 248 g/mol. The van der Waals surface area contributed by atoms with E-state index in [0.29, 0.717) is 31.4 Å². The minimum absolute atomic E-state index is 0.409. The quantitative estimate of drug-likeness (QED) is 0.169. The fraction of sp³-hybridized carbons (Fsp3) is 0.400. The summed E-state index contributed by atoms with van der Waals surface area (Å²) in [4.78, 5) is 3.85. The van der Waals surface area contributed by atoms with Gasteiger partial charge < -0.3 is 16.4 Å². The number of aliphatic imine (C=N–C) groups is 1. The maximum Gasteiger partial charge on any atom is 0.204 e. The first-order valence-corrected chi connectivity index (χ1v) is 5.41. The van der Waals surface area contributed by atoms with Gasteiger partial charge in [0.1, 0.15) is 5.82 Å². The second kappa shape index (κ2) is 7.81. The molecule has 0 spiro atoms. The number of guanidine groups is 1. The van der Waals surface area contributed by atoms with E-state index in [1.165, 1.54) is 0 Å². The molecule has 1 rings (SSSR count). The first-order chi connectivity index (χ1) is 8.76. The smallest absolute Gasteiger partial charge is 0.204 e. The number of nitriles is 1. The molecule has 0 amide bonds. The molecule has 0 fully saturated rings. The third kappa shape index (κ3) is 5.09. The van der Waals surface area contributed by atoms with Crippen molar-refractivity contribution in [2.45, 2.75) is 6.54 Å². The van der Waals surface area contributed by atoms with E-state index in [1.807, 2.05) is 6.07 Å². The van der Waals surface area contributed by atoms with E-state index in [9.17, 15) is 0 Å². The van der Waals surface area contributed by atoms with Crippen molar-refractivity contribution in [1.29, 1.82) is 5.26 Å². The van der Waals surface area contributed by atoms with Gasteiger partial charge in [-0.2, -0.15) is 10.4 Å². The highest BCUT2D eigenvalue weighted by Gasteiger charge is 1.96. The van der Waals surface area contributed by atoms with Gasteiger partial charge in [0, 0.05) is 26.7 Å². The predicted molar refractivity (Wildman–Crippen MR) is 68.3 cm³/mol. The number of hydrogen-bond acceptors (Lipinski definition) is 6. The fourth-order valence-electron chi connectivity index (χ4n) is 1.18. The monoisotopic (exact) mass is 248 g/mol. The molecule has 1 aromatic rings. The van der Waals surface area contributed by atoms with Crippen LogP contribution >= 0.6 is 0 Å². The molecule has 0 saturated heterocycles. The van der Waals surface area contributed by atoms with Crippen molar-refractivity contribution in [3.63, 3.8) is 0 Å². The molecule has 0 atom stereocenters. The molecular formula is C10H16N8. The number of nitrogens with one attached hydrogen (secondary N) is 3. The van der Waals surface area contributed by atoms with Crippen molar-refractivity contribution in [2.75, 3.05) is 25.9 Å². The van der Waals surface area contributed by atoms with Gasteiger partial charge in [0.15, 0.2) is 6.19 Å². The lowest BCUT2D eigenvalue weighted by Crippen LogP contribution is -2.38. The molecular weight excluding hydrogens is 232 g/mol. The van der Waals surface area contributed by atoms with E-state index in [0.717, 1.165) is 5.69 Å². The summed E-state index contributed by atoms with van der Waals surface area (Å²) < 4.78 is 0. The second-order valence-electron chi connectivity index (χ2n) is 3.36. The van der Waals surface area contributed by atoms with Gasteiger partial charge in [-0.15, -0.1) is 5.10 Å². The lowest BCUT2D eigenvalue weighted by molar-refractivity contribution is 0.652. The minimum atomic E-state index is 0.409. The molecule has 0 radical (unpaired) electrons. The van der Waals surface area contributed by atoms with Crippen LogP contribution in [0.1, 0.15) is 5.69 Å². The predicted octanol–water partition coefficient (Wildman–Crippen LogP) is -1.21. The van der Waals surface area contributed by atoms with Crippen LogP contribution in [0.4, 0.5) is 5.82 Å². The van der Waals surface area contributed by atoms with Gasteiger partial charge in [-0.25, -0.2) is 0 Å². The first kappa shape index (κ1) is 13.7. The Hall–Kier alpha value is -2.40. The zero-order valence-corrected chi connectivity index (χ0v) is 10.1. The standard InChI is InChI=1S/C10H16N8/c1-13-10(16-7-11)15-5-4-14-6-8-2-3-9(12)18-17-8/h2-3,14H,4-6H2,1H3,(H2,12,18)(H2,13,15,16). The summed E-state index contributed by atoms with van der Waals surface area (Å²) in [6.07, 6.45) is 1.80. The number of nitrogens with two attached hydrogens (primary N) is 1. The van der Waals surface area contributed by atoms with Crippen molar-refractivity contribution in [1.82, 2.24) is 26.1 Å². The van der Waals surface area contributed by atoms with Crippen molar-refractivity contribution in [3.05, 3.63) is 17.8 Å². The molecule has 0 bridgehead atoms. The topological polar surface area (TPSA) is 124 Å². The number of aromatic nitrogens is 2. The normalized spacial score (nSPS) is 10.8. The molecule has 8 nitrogen and oxygen atoms in total. The molecule has 1 aromatic heterocycles. The van der Waals surface area contributed by atoms with Crippen LogP contribution in [-0.4, -0.2) is 36.3 Å². The fourth-order valence-corrected chi connectivity index (χ4v) is 1.18. The van der Waals surface area contributed by atoms with Crippen molar-refractivity contribution in [3.8, 4) is 6.19 Å². The van der Waals surface area contributed by atoms with Gasteiger partial charge in [0.05, 0.1) is 5.69 Å². The number of rotatable bonds is 5. The molecule has 18 heavy (non-hydrogen) atoms. The molecule has 1 heterocycles. The van der Waals surface area contributed by atoms with Crippen LogP contribution in [0.2, 0.25) is 0 Å². The molecule has 0 aliphatic heterocycles. The van der Waals surface area contributed by atoms with Gasteiger partial charge >= 0.3 is 0 Å². The summed E-state index contributed by atoms with van der Waals surface area (Å²) in [5.41, 5.74) is 6.25. The zero-order valence-electron chi connectivity index (χ0n) is 10.1. The maximum atomic E-state index is 8.42. The van der Waals surface area contributed by atoms with E-state index in [1.54, 1.807) is 19.3 Å². The summed E-state index contributed by atoms with van der Waals surface area (Å²) in [5.74, 6) is 0.860. The Morgan fingerprint density at radius 1 is 1.44 bits per heavy atom. The Balaban J connectivity index is 2.16. The molecule has 0 saturated carbocycles. The first-order valence-electron chi connectivity index (χ1n) is 5.41. The highest BCUT2D eigenvalue weighted by molar-refractivity contribution is 5.80. The van der Waals surface area contributed by atoms with Crippen molar-refractivity contribution < 1.29 is 0 Å². The SMILES string of the molecule is CN=C(NC#N)NCCNCc1ccc(N)nn1. The second-order valence-corrected chi connectivity index (χ2v) is 3.36. The number of nitrogen functional groups attached to an aromatic ring is 1. The highest BCUT2D eigenvalue weighted by Crippen LogP contribution is 1.95.